The Bertz CT molecular complexity index is 233. The van der Waals surface area contributed by atoms with E-state index in [0.717, 1.165) is 39.3 Å². The van der Waals surface area contributed by atoms with Gasteiger partial charge in [-0.3, -0.25) is 4.79 Å². The zero-order valence-corrected chi connectivity index (χ0v) is 11.4. The molecule has 1 amide bonds. The molecule has 0 aromatic heterocycles. The van der Waals surface area contributed by atoms with Crippen molar-refractivity contribution in [3.63, 3.8) is 0 Å². The Morgan fingerprint density at radius 1 is 1.59 bits per heavy atom. The summed E-state index contributed by atoms with van der Waals surface area (Å²) in [5, 5.41) is 3.06. The molecule has 1 fully saturated rings. The lowest BCUT2D eigenvalue weighted by molar-refractivity contribution is -0.137. The number of piperidine rings is 1. The molecule has 2 atom stereocenters. The maximum absolute atomic E-state index is 12.2. The van der Waals surface area contributed by atoms with Gasteiger partial charge in [-0.1, -0.05) is 6.92 Å². The fourth-order valence-electron chi connectivity index (χ4n) is 2.39. The Kier molecular flexibility index (Phi) is 6.52. The summed E-state index contributed by atoms with van der Waals surface area (Å²) in [7, 11) is 1.89. The third-order valence-corrected chi connectivity index (χ3v) is 3.32. The number of rotatable bonds is 6. The quantitative estimate of drug-likeness (QED) is 0.759. The molecule has 1 rings (SSSR count). The lowest BCUT2D eigenvalue weighted by Gasteiger charge is -2.34. The van der Waals surface area contributed by atoms with Crippen molar-refractivity contribution in [3.8, 4) is 0 Å². The molecule has 4 heteroatoms. The van der Waals surface area contributed by atoms with Crippen LogP contribution < -0.4 is 5.32 Å². The first-order valence-electron chi connectivity index (χ1n) is 6.70. The number of nitrogens with one attached hydrogen (secondary N) is 1. The zero-order chi connectivity index (χ0) is 12.7. The van der Waals surface area contributed by atoms with Crippen molar-refractivity contribution in [3.05, 3.63) is 0 Å². The number of carbonyl (C=O) groups excluding carboxylic acids is 1. The van der Waals surface area contributed by atoms with Gasteiger partial charge in [0.2, 0.25) is 5.91 Å². The van der Waals surface area contributed by atoms with Crippen LogP contribution in [0.15, 0.2) is 0 Å². The van der Waals surface area contributed by atoms with Gasteiger partial charge in [-0.05, 0) is 32.7 Å². The third-order valence-electron chi connectivity index (χ3n) is 3.32. The number of nitrogens with zero attached hydrogens (tertiary/aromatic N) is 1. The monoisotopic (exact) mass is 242 g/mol. The number of carbonyl (C=O) groups is 1. The first-order valence-corrected chi connectivity index (χ1v) is 6.70. The molecule has 0 radical (unpaired) electrons. The van der Waals surface area contributed by atoms with E-state index in [1.807, 2.05) is 25.8 Å². The molecule has 100 valence electrons. The van der Waals surface area contributed by atoms with E-state index in [-0.39, 0.29) is 11.8 Å². The maximum atomic E-state index is 12.2. The van der Waals surface area contributed by atoms with E-state index in [2.05, 4.69) is 5.32 Å². The second-order valence-corrected chi connectivity index (χ2v) is 4.91. The van der Waals surface area contributed by atoms with Crippen LogP contribution in [0.3, 0.4) is 0 Å². The minimum absolute atomic E-state index is 0.0749. The number of amides is 1. The van der Waals surface area contributed by atoms with Crippen LogP contribution in [0.4, 0.5) is 0 Å². The van der Waals surface area contributed by atoms with Crippen LogP contribution in [-0.4, -0.2) is 50.7 Å². The molecule has 0 aromatic carbocycles. The van der Waals surface area contributed by atoms with Crippen LogP contribution >= 0.6 is 0 Å². The van der Waals surface area contributed by atoms with Gasteiger partial charge in [0, 0.05) is 32.2 Å². The van der Waals surface area contributed by atoms with Gasteiger partial charge >= 0.3 is 0 Å². The van der Waals surface area contributed by atoms with Crippen LogP contribution in [0.1, 0.15) is 26.7 Å². The molecule has 0 aliphatic carbocycles. The first-order chi connectivity index (χ1) is 8.19. The average molecular weight is 242 g/mol. The smallest absolute Gasteiger partial charge is 0.226 e. The second kappa shape index (κ2) is 7.67. The highest BCUT2D eigenvalue weighted by molar-refractivity contribution is 5.78. The summed E-state index contributed by atoms with van der Waals surface area (Å²) in [6, 6.07) is 0. The highest BCUT2D eigenvalue weighted by Gasteiger charge is 2.26. The van der Waals surface area contributed by atoms with E-state index in [1.54, 1.807) is 0 Å². The molecule has 0 bridgehead atoms. The van der Waals surface area contributed by atoms with Crippen molar-refractivity contribution in [1.82, 2.24) is 10.2 Å². The molecule has 0 aromatic rings. The third kappa shape index (κ3) is 4.64. The van der Waals surface area contributed by atoms with E-state index in [1.165, 1.54) is 6.42 Å². The molecule has 1 aliphatic rings. The van der Waals surface area contributed by atoms with Gasteiger partial charge in [-0.25, -0.2) is 0 Å². The predicted octanol–water partition coefficient (Wildman–Crippen LogP) is 1.12. The van der Waals surface area contributed by atoms with E-state index < -0.39 is 0 Å². The Morgan fingerprint density at radius 3 is 3.00 bits per heavy atom. The fraction of sp³-hybridized carbons (Fsp3) is 0.923. The molecule has 0 spiro atoms. The number of likely N-dealkylation sites (tertiary alicyclic amines) is 1. The second-order valence-electron chi connectivity index (χ2n) is 4.91. The fourth-order valence-corrected chi connectivity index (χ4v) is 2.39. The van der Waals surface area contributed by atoms with Gasteiger partial charge in [0.1, 0.15) is 0 Å². The Balaban J connectivity index is 2.39. The standard InChI is InChI=1S/C13H26N2O2/c1-4-17-10-12-6-5-7-15(9-12)13(16)11(2)8-14-3/h11-12,14H,4-10H2,1-3H3. The van der Waals surface area contributed by atoms with Gasteiger partial charge < -0.3 is 15.0 Å². The summed E-state index contributed by atoms with van der Waals surface area (Å²) in [6.07, 6.45) is 2.29. The Labute approximate surface area is 105 Å². The maximum Gasteiger partial charge on any atom is 0.226 e. The summed E-state index contributed by atoms with van der Waals surface area (Å²) < 4.78 is 5.46. The summed E-state index contributed by atoms with van der Waals surface area (Å²) in [5.41, 5.74) is 0. The lowest BCUT2D eigenvalue weighted by Crippen LogP contribution is -2.45. The molecule has 4 nitrogen and oxygen atoms in total. The van der Waals surface area contributed by atoms with Crippen LogP contribution in [-0.2, 0) is 9.53 Å². The average Bonchev–Trinajstić information content (AvgIpc) is 2.36. The number of hydrogen-bond donors (Lipinski definition) is 1. The number of hydrogen-bond acceptors (Lipinski definition) is 3. The molecule has 1 saturated heterocycles. The van der Waals surface area contributed by atoms with Crippen molar-refractivity contribution in [2.45, 2.75) is 26.7 Å². The molecule has 17 heavy (non-hydrogen) atoms. The zero-order valence-electron chi connectivity index (χ0n) is 11.4. The molecule has 1 N–H and O–H groups in total. The minimum Gasteiger partial charge on any atom is -0.381 e. The normalized spacial score (nSPS) is 22.5. The van der Waals surface area contributed by atoms with Crippen LogP contribution in [0.25, 0.3) is 0 Å². The van der Waals surface area contributed by atoms with Crippen LogP contribution in [0.2, 0.25) is 0 Å². The molecule has 1 aliphatic heterocycles. The van der Waals surface area contributed by atoms with E-state index in [0.29, 0.717) is 5.92 Å². The predicted molar refractivity (Wildman–Crippen MR) is 68.9 cm³/mol. The van der Waals surface area contributed by atoms with E-state index in [9.17, 15) is 4.79 Å². The largest absolute Gasteiger partial charge is 0.381 e. The molecular weight excluding hydrogens is 216 g/mol. The van der Waals surface area contributed by atoms with Gasteiger partial charge in [0.15, 0.2) is 0 Å². The van der Waals surface area contributed by atoms with Gasteiger partial charge in [-0.2, -0.15) is 0 Å². The Hall–Kier alpha value is -0.610. The van der Waals surface area contributed by atoms with Crippen LogP contribution in [0, 0.1) is 11.8 Å². The van der Waals surface area contributed by atoms with Gasteiger partial charge in [0.05, 0.1) is 6.61 Å². The molecular formula is C13H26N2O2. The summed E-state index contributed by atoms with van der Waals surface area (Å²) in [4.78, 5) is 14.2. The SMILES string of the molecule is CCOCC1CCCN(C(=O)C(C)CNC)C1. The minimum atomic E-state index is 0.0749. The first kappa shape index (κ1) is 14.5. The summed E-state index contributed by atoms with van der Waals surface area (Å²) in [5.74, 6) is 0.876. The summed E-state index contributed by atoms with van der Waals surface area (Å²) in [6.45, 7) is 8.10. The lowest BCUT2D eigenvalue weighted by atomic mass is 9.97. The number of ether oxygens (including phenoxy) is 1. The van der Waals surface area contributed by atoms with Crippen molar-refractivity contribution in [2.75, 3.05) is 39.9 Å². The van der Waals surface area contributed by atoms with Gasteiger partial charge in [-0.15, -0.1) is 0 Å². The van der Waals surface area contributed by atoms with Crippen LogP contribution in [0.5, 0.6) is 0 Å². The highest BCUT2D eigenvalue weighted by Crippen LogP contribution is 2.18. The highest BCUT2D eigenvalue weighted by atomic mass is 16.5. The van der Waals surface area contributed by atoms with E-state index >= 15 is 0 Å². The summed E-state index contributed by atoms with van der Waals surface area (Å²) >= 11 is 0. The molecule has 2 unspecified atom stereocenters. The van der Waals surface area contributed by atoms with Crippen molar-refractivity contribution < 1.29 is 9.53 Å². The van der Waals surface area contributed by atoms with Crippen molar-refractivity contribution in [1.29, 1.82) is 0 Å². The van der Waals surface area contributed by atoms with Crippen molar-refractivity contribution in [2.24, 2.45) is 11.8 Å². The topological polar surface area (TPSA) is 41.6 Å². The van der Waals surface area contributed by atoms with Crippen molar-refractivity contribution >= 4 is 5.91 Å². The molecule has 0 saturated carbocycles. The van der Waals surface area contributed by atoms with E-state index in [4.69, 9.17) is 4.74 Å². The molecule has 1 heterocycles. The van der Waals surface area contributed by atoms with Gasteiger partial charge in [0.25, 0.3) is 0 Å². The Morgan fingerprint density at radius 2 is 2.35 bits per heavy atom.